The summed E-state index contributed by atoms with van der Waals surface area (Å²) >= 11 is 1.16. The Balaban J connectivity index is 2.85. The maximum Gasteiger partial charge on any atom is 0.376 e. The molecule has 0 bridgehead atoms. The van der Waals surface area contributed by atoms with Crippen molar-refractivity contribution in [2.24, 2.45) is 5.90 Å². The Bertz CT molecular complexity index is 246. The Morgan fingerprint density at radius 3 is 2.90 bits per heavy atom. The van der Waals surface area contributed by atoms with Crippen molar-refractivity contribution in [1.82, 2.24) is 4.98 Å². The van der Waals surface area contributed by atoms with Crippen LogP contribution in [-0.4, -0.2) is 11.0 Å². The van der Waals surface area contributed by atoms with Crippen LogP contribution in [0.2, 0.25) is 0 Å². The average molecular weight is 159 g/mol. The van der Waals surface area contributed by atoms with Crippen LogP contribution in [0.5, 0.6) is 0 Å². The Morgan fingerprint density at radius 2 is 2.50 bits per heavy atom. The third kappa shape index (κ3) is 1.23. The first-order valence-electron chi connectivity index (χ1n) is 2.36. The molecule has 1 aromatic rings. The second kappa shape index (κ2) is 2.63. The lowest BCUT2D eigenvalue weighted by Crippen LogP contribution is -2.10. The van der Waals surface area contributed by atoms with Crippen LogP contribution in [-0.2, 0) is 4.84 Å². The molecule has 0 spiro atoms. The smallest absolute Gasteiger partial charge is 0.375 e. The van der Waals surface area contributed by atoms with E-state index in [0.29, 0.717) is 5.13 Å². The number of carbonyl (C=O) groups excluding carboxylic acids is 1. The molecule has 5 nitrogen and oxygen atoms in total. The maximum atomic E-state index is 10.6. The summed E-state index contributed by atoms with van der Waals surface area (Å²) in [6, 6.07) is 0. The van der Waals surface area contributed by atoms with Gasteiger partial charge in [-0.25, -0.2) is 9.78 Å². The van der Waals surface area contributed by atoms with Crippen molar-refractivity contribution in [3.05, 3.63) is 11.1 Å². The zero-order chi connectivity index (χ0) is 7.56. The van der Waals surface area contributed by atoms with Crippen molar-refractivity contribution in [1.29, 1.82) is 0 Å². The third-order valence-electron chi connectivity index (χ3n) is 0.838. The molecule has 6 heteroatoms. The highest BCUT2D eigenvalue weighted by Gasteiger charge is 2.08. The van der Waals surface area contributed by atoms with Gasteiger partial charge in [-0.15, -0.1) is 11.3 Å². The molecular weight excluding hydrogens is 154 g/mol. The molecule has 0 amide bonds. The number of hydrogen-bond donors (Lipinski definition) is 2. The van der Waals surface area contributed by atoms with Gasteiger partial charge in [0.2, 0.25) is 0 Å². The summed E-state index contributed by atoms with van der Waals surface area (Å²) in [5.74, 6) is 3.91. The second-order valence-electron chi connectivity index (χ2n) is 1.48. The molecule has 0 aromatic carbocycles. The van der Waals surface area contributed by atoms with E-state index in [1.165, 1.54) is 5.38 Å². The molecule has 0 unspecified atom stereocenters. The van der Waals surface area contributed by atoms with Crippen LogP contribution in [0.15, 0.2) is 5.38 Å². The van der Waals surface area contributed by atoms with Crippen molar-refractivity contribution in [2.45, 2.75) is 0 Å². The zero-order valence-electron chi connectivity index (χ0n) is 4.90. The summed E-state index contributed by atoms with van der Waals surface area (Å²) < 4.78 is 0. The van der Waals surface area contributed by atoms with E-state index in [1.54, 1.807) is 0 Å². The quantitative estimate of drug-likeness (QED) is 0.551. The minimum absolute atomic E-state index is 0.144. The van der Waals surface area contributed by atoms with Crippen molar-refractivity contribution >= 4 is 22.4 Å². The van der Waals surface area contributed by atoms with Gasteiger partial charge in [0.1, 0.15) is 0 Å². The van der Waals surface area contributed by atoms with E-state index in [2.05, 4.69) is 15.7 Å². The molecule has 54 valence electrons. The Hall–Kier alpha value is -1.14. The van der Waals surface area contributed by atoms with Gasteiger partial charge in [-0.05, 0) is 0 Å². The first-order valence-corrected chi connectivity index (χ1v) is 3.24. The number of nitrogens with two attached hydrogens (primary N) is 2. The lowest BCUT2D eigenvalue weighted by Gasteiger charge is -1.88. The van der Waals surface area contributed by atoms with E-state index in [-0.39, 0.29) is 5.69 Å². The first kappa shape index (κ1) is 6.97. The summed E-state index contributed by atoms with van der Waals surface area (Å²) in [6.45, 7) is 0. The molecule has 0 saturated carbocycles. The molecule has 1 heterocycles. The average Bonchev–Trinajstić information content (AvgIpc) is 2.34. The highest BCUT2D eigenvalue weighted by atomic mass is 32.1. The molecule has 10 heavy (non-hydrogen) atoms. The van der Waals surface area contributed by atoms with Crippen LogP contribution < -0.4 is 11.6 Å². The summed E-state index contributed by atoms with van der Waals surface area (Å²) in [5, 5.41) is 1.80. The standard InChI is InChI=1S/C4H5N3O2S/c5-4-7-2(1-10-4)3(8)9-6/h1H,6H2,(H2,5,7). The number of nitrogen functional groups attached to an aromatic ring is 1. The molecule has 0 radical (unpaired) electrons. The van der Waals surface area contributed by atoms with Crippen LogP contribution in [0.4, 0.5) is 5.13 Å². The molecule has 0 atom stereocenters. The van der Waals surface area contributed by atoms with Gasteiger partial charge in [-0.3, -0.25) is 0 Å². The summed E-state index contributed by atoms with van der Waals surface area (Å²) in [6.07, 6.45) is 0. The Labute approximate surface area is 60.6 Å². The number of aromatic nitrogens is 1. The van der Waals surface area contributed by atoms with Gasteiger partial charge in [-0.2, -0.15) is 5.90 Å². The number of nitrogens with zero attached hydrogens (tertiary/aromatic N) is 1. The SMILES string of the molecule is NOC(=O)c1csc(N)n1. The number of rotatable bonds is 1. The largest absolute Gasteiger partial charge is 0.376 e. The number of carbonyl (C=O) groups is 1. The lowest BCUT2D eigenvalue weighted by molar-refractivity contribution is 0.0497. The zero-order valence-corrected chi connectivity index (χ0v) is 5.72. The van der Waals surface area contributed by atoms with Gasteiger partial charge in [0.05, 0.1) is 0 Å². The van der Waals surface area contributed by atoms with E-state index in [4.69, 9.17) is 5.73 Å². The van der Waals surface area contributed by atoms with E-state index < -0.39 is 5.97 Å². The number of anilines is 1. The molecule has 0 aliphatic carbocycles. The highest BCUT2D eigenvalue weighted by molar-refractivity contribution is 7.13. The van der Waals surface area contributed by atoms with E-state index >= 15 is 0 Å². The summed E-state index contributed by atoms with van der Waals surface area (Å²) in [4.78, 5) is 18.1. The lowest BCUT2D eigenvalue weighted by atomic mass is 10.5. The molecule has 0 saturated heterocycles. The summed E-state index contributed by atoms with van der Waals surface area (Å²) in [7, 11) is 0. The third-order valence-corrected chi connectivity index (χ3v) is 1.51. The predicted octanol–water partition coefficient (Wildman–Crippen LogP) is -0.244. The van der Waals surface area contributed by atoms with Crippen LogP contribution in [0.3, 0.4) is 0 Å². The van der Waals surface area contributed by atoms with Crippen molar-refractivity contribution < 1.29 is 9.63 Å². The Kier molecular flexibility index (Phi) is 1.83. The van der Waals surface area contributed by atoms with Crippen LogP contribution in [0.1, 0.15) is 10.5 Å². The molecule has 0 aliphatic rings. The van der Waals surface area contributed by atoms with Crippen molar-refractivity contribution in [2.75, 3.05) is 5.73 Å². The highest BCUT2D eigenvalue weighted by Crippen LogP contribution is 2.10. The fourth-order valence-corrected chi connectivity index (χ4v) is 0.974. The van der Waals surface area contributed by atoms with Crippen LogP contribution in [0.25, 0.3) is 0 Å². The van der Waals surface area contributed by atoms with E-state index in [9.17, 15) is 4.79 Å². The molecule has 1 rings (SSSR count). The van der Waals surface area contributed by atoms with Crippen molar-refractivity contribution in [3.63, 3.8) is 0 Å². The van der Waals surface area contributed by atoms with Crippen LogP contribution in [0, 0.1) is 0 Å². The molecular formula is C4H5N3O2S. The topological polar surface area (TPSA) is 91.2 Å². The first-order chi connectivity index (χ1) is 4.74. The van der Waals surface area contributed by atoms with Crippen molar-refractivity contribution in [3.8, 4) is 0 Å². The van der Waals surface area contributed by atoms with Gasteiger partial charge in [0.25, 0.3) is 0 Å². The van der Waals surface area contributed by atoms with Gasteiger partial charge < -0.3 is 10.6 Å². The fourth-order valence-electron chi connectivity index (χ4n) is 0.442. The molecule has 1 aromatic heterocycles. The molecule has 0 fully saturated rings. The number of thiazole rings is 1. The monoisotopic (exact) mass is 159 g/mol. The maximum absolute atomic E-state index is 10.6. The minimum atomic E-state index is -0.673. The molecule has 4 N–H and O–H groups in total. The second-order valence-corrected chi connectivity index (χ2v) is 2.37. The Morgan fingerprint density at radius 1 is 1.80 bits per heavy atom. The van der Waals surface area contributed by atoms with E-state index in [0.717, 1.165) is 11.3 Å². The number of hydrogen-bond acceptors (Lipinski definition) is 6. The van der Waals surface area contributed by atoms with Gasteiger partial charge in [0.15, 0.2) is 10.8 Å². The predicted molar refractivity (Wildman–Crippen MR) is 36.1 cm³/mol. The van der Waals surface area contributed by atoms with Gasteiger partial charge >= 0.3 is 5.97 Å². The fraction of sp³-hybridized carbons (Fsp3) is 0. The van der Waals surface area contributed by atoms with Crippen LogP contribution >= 0.6 is 11.3 Å². The molecule has 0 aliphatic heterocycles. The van der Waals surface area contributed by atoms with Gasteiger partial charge in [0, 0.05) is 5.38 Å². The van der Waals surface area contributed by atoms with Gasteiger partial charge in [-0.1, -0.05) is 0 Å². The van der Waals surface area contributed by atoms with E-state index in [1.807, 2.05) is 0 Å². The minimum Gasteiger partial charge on any atom is -0.375 e. The normalized spacial score (nSPS) is 9.30. The summed E-state index contributed by atoms with van der Waals surface area (Å²) in [5.41, 5.74) is 5.37.